The van der Waals surface area contributed by atoms with E-state index in [1.165, 1.54) is 5.56 Å². The molecule has 102 valence electrons. The van der Waals surface area contributed by atoms with Gasteiger partial charge in [0.25, 0.3) is 0 Å². The number of rotatable bonds is 3. The minimum Gasteiger partial charge on any atom is -0.373 e. The standard InChI is InChI=1S/C14H16N6/c1-4-10-7-11-5-6-12(20-8-16-18-19-20)9(2)13(11)17-14(10)15-3/h5-8H,4H2,1-3H3,(H,15,17). The largest absolute Gasteiger partial charge is 0.373 e. The summed E-state index contributed by atoms with van der Waals surface area (Å²) in [7, 11) is 1.90. The monoisotopic (exact) mass is 268 g/mol. The molecular weight excluding hydrogens is 252 g/mol. The van der Waals surface area contributed by atoms with Crippen LogP contribution in [0, 0.1) is 6.92 Å². The molecule has 2 heterocycles. The molecule has 1 N–H and O–H groups in total. The van der Waals surface area contributed by atoms with E-state index in [-0.39, 0.29) is 0 Å². The van der Waals surface area contributed by atoms with E-state index in [0.29, 0.717) is 0 Å². The van der Waals surface area contributed by atoms with Crippen molar-refractivity contribution in [2.45, 2.75) is 20.3 Å². The van der Waals surface area contributed by atoms with Crippen molar-refractivity contribution in [1.29, 1.82) is 0 Å². The third-order valence-corrected chi connectivity index (χ3v) is 3.50. The van der Waals surface area contributed by atoms with Gasteiger partial charge in [-0.2, -0.15) is 0 Å². The van der Waals surface area contributed by atoms with E-state index in [0.717, 1.165) is 34.4 Å². The van der Waals surface area contributed by atoms with Gasteiger partial charge >= 0.3 is 0 Å². The van der Waals surface area contributed by atoms with Crippen LogP contribution >= 0.6 is 0 Å². The summed E-state index contributed by atoms with van der Waals surface area (Å²) < 4.78 is 1.66. The van der Waals surface area contributed by atoms with Gasteiger partial charge < -0.3 is 5.32 Å². The third kappa shape index (κ3) is 1.89. The highest BCUT2D eigenvalue weighted by molar-refractivity contribution is 5.87. The number of aromatic nitrogens is 5. The second-order valence-electron chi connectivity index (χ2n) is 4.64. The zero-order valence-electron chi connectivity index (χ0n) is 11.8. The quantitative estimate of drug-likeness (QED) is 0.788. The Bertz CT molecular complexity index is 748. The topological polar surface area (TPSA) is 68.5 Å². The molecule has 0 radical (unpaired) electrons. The number of aryl methyl sites for hydroxylation is 2. The van der Waals surface area contributed by atoms with Gasteiger partial charge in [0, 0.05) is 18.0 Å². The van der Waals surface area contributed by atoms with Crippen LogP contribution in [-0.2, 0) is 6.42 Å². The number of hydrogen-bond donors (Lipinski definition) is 1. The number of fused-ring (bicyclic) bond motifs is 1. The molecule has 0 aliphatic carbocycles. The first-order valence-electron chi connectivity index (χ1n) is 6.59. The van der Waals surface area contributed by atoms with Crippen molar-refractivity contribution >= 4 is 16.7 Å². The maximum atomic E-state index is 4.74. The Morgan fingerprint density at radius 3 is 2.80 bits per heavy atom. The fraction of sp³-hybridized carbons (Fsp3) is 0.286. The van der Waals surface area contributed by atoms with Crippen molar-refractivity contribution in [3.63, 3.8) is 0 Å². The highest BCUT2D eigenvalue weighted by Gasteiger charge is 2.10. The molecule has 0 amide bonds. The molecule has 0 bridgehead atoms. The number of nitrogens with one attached hydrogen (secondary N) is 1. The zero-order valence-corrected chi connectivity index (χ0v) is 11.8. The molecule has 0 fully saturated rings. The first kappa shape index (κ1) is 12.5. The zero-order chi connectivity index (χ0) is 14.1. The Hall–Kier alpha value is -2.50. The molecule has 0 aliphatic heterocycles. The van der Waals surface area contributed by atoms with Crippen molar-refractivity contribution in [1.82, 2.24) is 25.2 Å². The molecule has 20 heavy (non-hydrogen) atoms. The second-order valence-corrected chi connectivity index (χ2v) is 4.64. The van der Waals surface area contributed by atoms with Crippen LogP contribution in [0.4, 0.5) is 5.82 Å². The molecule has 0 unspecified atom stereocenters. The lowest BCUT2D eigenvalue weighted by Crippen LogP contribution is -2.02. The van der Waals surface area contributed by atoms with Crippen LogP contribution in [0.15, 0.2) is 24.5 Å². The molecule has 0 atom stereocenters. The van der Waals surface area contributed by atoms with E-state index in [4.69, 9.17) is 4.98 Å². The predicted octanol–water partition coefficient (Wildman–Crippen LogP) is 2.12. The Labute approximate surface area is 116 Å². The lowest BCUT2D eigenvalue weighted by Gasteiger charge is -2.12. The number of tetrazole rings is 1. The summed E-state index contributed by atoms with van der Waals surface area (Å²) in [6.07, 6.45) is 2.54. The summed E-state index contributed by atoms with van der Waals surface area (Å²) in [4.78, 5) is 4.74. The van der Waals surface area contributed by atoms with Crippen molar-refractivity contribution in [2.24, 2.45) is 0 Å². The molecule has 0 saturated heterocycles. The minimum atomic E-state index is 0.928. The predicted molar refractivity (Wildman–Crippen MR) is 78.1 cm³/mol. The maximum absolute atomic E-state index is 4.74. The molecule has 6 heteroatoms. The van der Waals surface area contributed by atoms with Crippen LogP contribution in [0.1, 0.15) is 18.1 Å². The van der Waals surface area contributed by atoms with Gasteiger partial charge in [-0.15, -0.1) is 5.10 Å². The molecule has 1 aromatic carbocycles. The van der Waals surface area contributed by atoms with E-state index >= 15 is 0 Å². The average Bonchev–Trinajstić information content (AvgIpc) is 3.00. The van der Waals surface area contributed by atoms with Crippen LogP contribution in [0.2, 0.25) is 0 Å². The fourth-order valence-corrected chi connectivity index (χ4v) is 2.42. The summed E-state index contributed by atoms with van der Waals surface area (Å²) in [6, 6.07) is 6.27. The van der Waals surface area contributed by atoms with Gasteiger partial charge in [-0.05, 0) is 41.5 Å². The SMILES string of the molecule is CCc1cc2ccc(-n3cnnn3)c(C)c2nc1NC. The number of benzene rings is 1. The Balaban J connectivity index is 2.27. The van der Waals surface area contributed by atoms with Crippen LogP contribution in [0.25, 0.3) is 16.6 Å². The summed E-state index contributed by atoms with van der Waals surface area (Å²) >= 11 is 0. The molecule has 2 aromatic heterocycles. The second kappa shape index (κ2) is 4.88. The Morgan fingerprint density at radius 2 is 2.15 bits per heavy atom. The van der Waals surface area contributed by atoms with Crippen LogP contribution < -0.4 is 5.32 Å². The summed E-state index contributed by atoms with van der Waals surface area (Å²) in [6.45, 7) is 4.17. The van der Waals surface area contributed by atoms with Crippen molar-refractivity contribution in [3.05, 3.63) is 35.7 Å². The number of pyridine rings is 1. The summed E-state index contributed by atoms with van der Waals surface area (Å²) in [5.74, 6) is 0.928. The van der Waals surface area contributed by atoms with Crippen molar-refractivity contribution in [2.75, 3.05) is 12.4 Å². The Morgan fingerprint density at radius 1 is 1.30 bits per heavy atom. The van der Waals surface area contributed by atoms with Crippen LogP contribution in [0.3, 0.4) is 0 Å². The van der Waals surface area contributed by atoms with E-state index in [9.17, 15) is 0 Å². The first-order chi connectivity index (χ1) is 9.74. The van der Waals surface area contributed by atoms with Crippen molar-refractivity contribution in [3.8, 4) is 5.69 Å². The van der Waals surface area contributed by atoms with Crippen LogP contribution in [-0.4, -0.2) is 32.2 Å². The highest BCUT2D eigenvalue weighted by atomic mass is 15.5. The van der Waals surface area contributed by atoms with Gasteiger partial charge in [-0.3, -0.25) is 0 Å². The fourth-order valence-electron chi connectivity index (χ4n) is 2.42. The Kier molecular flexibility index (Phi) is 3.06. The molecule has 3 rings (SSSR count). The van der Waals surface area contributed by atoms with Crippen molar-refractivity contribution < 1.29 is 0 Å². The first-order valence-corrected chi connectivity index (χ1v) is 6.59. The molecular formula is C14H16N6. The van der Waals surface area contributed by atoms with Gasteiger partial charge in [0.2, 0.25) is 0 Å². The minimum absolute atomic E-state index is 0.928. The van der Waals surface area contributed by atoms with Gasteiger partial charge in [0.1, 0.15) is 12.1 Å². The van der Waals surface area contributed by atoms with E-state index in [1.54, 1.807) is 11.0 Å². The van der Waals surface area contributed by atoms with Gasteiger partial charge in [0.15, 0.2) is 0 Å². The maximum Gasteiger partial charge on any atom is 0.143 e. The lowest BCUT2D eigenvalue weighted by molar-refractivity contribution is 0.786. The number of hydrogen-bond acceptors (Lipinski definition) is 5. The molecule has 0 aliphatic rings. The molecule has 6 nitrogen and oxygen atoms in total. The van der Waals surface area contributed by atoms with Crippen LogP contribution in [0.5, 0.6) is 0 Å². The molecule has 3 aromatic rings. The normalized spacial score (nSPS) is 10.9. The molecule has 0 spiro atoms. The van der Waals surface area contributed by atoms with E-state index < -0.39 is 0 Å². The van der Waals surface area contributed by atoms with E-state index in [2.05, 4.69) is 39.9 Å². The number of anilines is 1. The van der Waals surface area contributed by atoms with Gasteiger partial charge in [-0.25, -0.2) is 9.67 Å². The van der Waals surface area contributed by atoms with Gasteiger partial charge in [0.05, 0.1) is 11.2 Å². The third-order valence-electron chi connectivity index (χ3n) is 3.50. The highest BCUT2D eigenvalue weighted by Crippen LogP contribution is 2.26. The lowest BCUT2D eigenvalue weighted by atomic mass is 10.1. The summed E-state index contributed by atoms with van der Waals surface area (Å²) in [5.41, 5.74) is 4.20. The van der Waals surface area contributed by atoms with E-state index in [1.807, 2.05) is 20.0 Å². The van der Waals surface area contributed by atoms with Gasteiger partial charge in [-0.1, -0.05) is 13.0 Å². The smallest absolute Gasteiger partial charge is 0.143 e. The summed E-state index contributed by atoms with van der Waals surface area (Å²) in [5, 5.41) is 15.6. The number of nitrogens with zero attached hydrogens (tertiary/aromatic N) is 5. The average molecular weight is 268 g/mol. The molecule has 0 saturated carbocycles.